The standard InChI is InChI=1S/C14H18N2O5S/c17-14(12-3-1-2-4-13(12)22(18,19)20)21-10-11-9-15-5-7-16(11)8-6-15/h1-4,11H,5-10H2,(H,18,19,20)/p-1. The summed E-state index contributed by atoms with van der Waals surface area (Å²) in [6, 6.07) is 5.45. The second-order valence-corrected chi connectivity index (χ2v) is 6.89. The van der Waals surface area contributed by atoms with E-state index in [2.05, 4.69) is 9.80 Å². The van der Waals surface area contributed by atoms with E-state index < -0.39 is 21.0 Å². The maximum atomic E-state index is 12.1. The fraction of sp³-hybridized carbons (Fsp3) is 0.500. The van der Waals surface area contributed by atoms with Gasteiger partial charge in [0.05, 0.1) is 16.5 Å². The van der Waals surface area contributed by atoms with Gasteiger partial charge in [0.15, 0.2) is 0 Å². The number of ether oxygens (including phenoxy) is 1. The van der Waals surface area contributed by atoms with Gasteiger partial charge in [-0.25, -0.2) is 13.2 Å². The molecule has 0 aromatic heterocycles. The second kappa shape index (κ2) is 5.96. The first-order chi connectivity index (χ1) is 10.4. The highest BCUT2D eigenvalue weighted by molar-refractivity contribution is 7.85. The van der Waals surface area contributed by atoms with Gasteiger partial charge in [-0.1, -0.05) is 12.1 Å². The van der Waals surface area contributed by atoms with Crippen molar-refractivity contribution in [2.24, 2.45) is 0 Å². The molecule has 0 aliphatic carbocycles. The minimum absolute atomic E-state index is 0.127. The fourth-order valence-corrected chi connectivity index (χ4v) is 3.65. The van der Waals surface area contributed by atoms with Crippen LogP contribution in [0.1, 0.15) is 10.4 Å². The van der Waals surface area contributed by atoms with E-state index in [0.29, 0.717) is 0 Å². The Labute approximate surface area is 129 Å². The largest absolute Gasteiger partial charge is 0.744 e. The van der Waals surface area contributed by atoms with E-state index >= 15 is 0 Å². The number of hydrogen-bond acceptors (Lipinski definition) is 7. The van der Waals surface area contributed by atoms with Crippen LogP contribution >= 0.6 is 0 Å². The number of rotatable bonds is 4. The molecule has 0 amide bonds. The molecular weight excluding hydrogens is 308 g/mol. The monoisotopic (exact) mass is 325 g/mol. The molecule has 8 heteroatoms. The third-order valence-electron chi connectivity index (χ3n) is 4.18. The van der Waals surface area contributed by atoms with Crippen molar-refractivity contribution in [2.75, 3.05) is 39.3 Å². The molecule has 120 valence electrons. The lowest BCUT2D eigenvalue weighted by molar-refractivity contribution is -0.0217. The van der Waals surface area contributed by atoms with Gasteiger partial charge in [-0.15, -0.1) is 0 Å². The molecule has 1 unspecified atom stereocenters. The Morgan fingerprint density at radius 2 is 1.91 bits per heavy atom. The van der Waals surface area contributed by atoms with Crippen LogP contribution in [0.15, 0.2) is 29.2 Å². The maximum Gasteiger partial charge on any atom is 0.339 e. The number of piperazine rings is 3. The molecule has 2 bridgehead atoms. The molecule has 1 aromatic carbocycles. The Kier molecular flexibility index (Phi) is 4.18. The fourth-order valence-electron chi connectivity index (χ4n) is 2.99. The van der Waals surface area contributed by atoms with Gasteiger partial charge in [0.1, 0.15) is 16.7 Å². The average molecular weight is 325 g/mol. The Morgan fingerprint density at radius 1 is 1.23 bits per heavy atom. The number of carbonyl (C=O) groups excluding carboxylic acids is 1. The maximum absolute atomic E-state index is 12.1. The van der Waals surface area contributed by atoms with Gasteiger partial charge in [-0.2, -0.15) is 0 Å². The van der Waals surface area contributed by atoms with Gasteiger partial charge in [-0.3, -0.25) is 9.80 Å². The van der Waals surface area contributed by atoms with Crippen LogP contribution in [0.25, 0.3) is 0 Å². The normalized spacial score (nSPS) is 27.6. The van der Waals surface area contributed by atoms with Crippen LogP contribution in [0.5, 0.6) is 0 Å². The average Bonchev–Trinajstić information content (AvgIpc) is 2.53. The lowest BCUT2D eigenvalue weighted by Crippen LogP contribution is -2.62. The van der Waals surface area contributed by atoms with Gasteiger partial charge < -0.3 is 9.29 Å². The van der Waals surface area contributed by atoms with Gasteiger partial charge in [0.2, 0.25) is 0 Å². The van der Waals surface area contributed by atoms with Crippen LogP contribution in [0, 0.1) is 0 Å². The predicted octanol–water partition coefficient (Wildman–Crippen LogP) is -0.253. The summed E-state index contributed by atoms with van der Waals surface area (Å²) in [5.74, 6) is -0.771. The Bertz CT molecular complexity index is 668. The number of fused-ring (bicyclic) bond motifs is 3. The summed E-state index contributed by atoms with van der Waals surface area (Å²) in [4.78, 5) is 16.2. The van der Waals surface area contributed by atoms with Crippen LogP contribution in [-0.2, 0) is 14.9 Å². The van der Waals surface area contributed by atoms with E-state index in [9.17, 15) is 17.8 Å². The van der Waals surface area contributed by atoms with Crippen molar-refractivity contribution in [2.45, 2.75) is 10.9 Å². The highest BCUT2D eigenvalue weighted by Gasteiger charge is 2.32. The van der Waals surface area contributed by atoms with Crippen LogP contribution in [0.4, 0.5) is 0 Å². The molecule has 1 aromatic rings. The summed E-state index contributed by atoms with van der Waals surface area (Å²) >= 11 is 0. The predicted molar refractivity (Wildman–Crippen MR) is 76.5 cm³/mol. The van der Waals surface area contributed by atoms with Crippen molar-refractivity contribution in [3.63, 3.8) is 0 Å². The summed E-state index contributed by atoms with van der Waals surface area (Å²) in [5.41, 5.74) is -0.200. The molecule has 1 atom stereocenters. The molecule has 3 aliphatic rings. The third-order valence-corrected chi connectivity index (χ3v) is 5.07. The zero-order valence-corrected chi connectivity index (χ0v) is 12.8. The molecule has 0 saturated carbocycles. The van der Waals surface area contributed by atoms with Crippen molar-refractivity contribution >= 4 is 16.1 Å². The lowest BCUT2D eigenvalue weighted by atomic mass is 10.1. The van der Waals surface area contributed by atoms with Crippen molar-refractivity contribution in [3.05, 3.63) is 29.8 Å². The minimum Gasteiger partial charge on any atom is -0.744 e. The van der Waals surface area contributed by atoms with E-state index in [0.717, 1.165) is 38.8 Å². The molecule has 3 heterocycles. The number of carbonyl (C=O) groups is 1. The smallest absolute Gasteiger partial charge is 0.339 e. The Balaban J connectivity index is 1.68. The second-order valence-electron chi connectivity index (χ2n) is 5.54. The number of esters is 1. The molecule has 0 spiro atoms. The SMILES string of the molecule is O=C(OCC1CN2CCN1CC2)c1ccccc1S(=O)(=O)[O-]. The Hall–Kier alpha value is -1.48. The number of hydrogen-bond donors (Lipinski definition) is 0. The van der Waals surface area contributed by atoms with Crippen LogP contribution < -0.4 is 0 Å². The highest BCUT2D eigenvalue weighted by Crippen LogP contribution is 2.18. The van der Waals surface area contributed by atoms with Gasteiger partial charge in [0, 0.05) is 32.7 Å². The molecule has 3 aliphatic heterocycles. The van der Waals surface area contributed by atoms with E-state index in [-0.39, 0.29) is 18.2 Å². The summed E-state index contributed by atoms with van der Waals surface area (Å²) < 4.78 is 38.8. The van der Waals surface area contributed by atoms with E-state index in [1.54, 1.807) is 0 Å². The topological polar surface area (TPSA) is 90.0 Å². The van der Waals surface area contributed by atoms with Crippen LogP contribution in [-0.4, -0.2) is 74.1 Å². The van der Waals surface area contributed by atoms with Gasteiger partial charge in [-0.05, 0) is 12.1 Å². The summed E-state index contributed by atoms with van der Waals surface area (Å²) in [6.45, 7) is 5.00. The first-order valence-corrected chi connectivity index (χ1v) is 8.54. The first-order valence-electron chi connectivity index (χ1n) is 7.13. The molecule has 3 saturated heterocycles. The Morgan fingerprint density at radius 3 is 2.50 bits per heavy atom. The van der Waals surface area contributed by atoms with E-state index in [1.807, 2.05) is 0 Å². The molecule has 22 heavy (non-hydrogen) atoms. The van der Waals surface area contributed by atoms with Crippen molar-refractivity contribution in [1.29, 1.82) is 0 Å². The summed E-state index contributed by atoms with van der Waals surface area (Å²) in [5, 5.41) is 0. The molecular formula is C14H17N2O5S-. The number of nitrogens with zero attached hydrogens (tertiary/aromatic N) is 2. The van der Waals surface area contributed by atoms with Crippen LogP contribution in [0.2, 0.25) is 0 Å². The molecule has 4 rings (SSSR count). The zero-order chi connectivity index (χ0) is 15.7. The van der Waals surface area contributed by atoms with Crippen LogP contribution in [0.3, 0.4) is 0 Å². The molecule has 7 nitrogen and oxygen atoms in total. The van der Waals surface area contributed by atoms with Crippen molar-refractivity contribution in [3.8, 4) is 0 Å². The number of benzene rings is 1. The third kappa shape index (κ3) is 3.14. The van der Waals surface area contributed by atoms with Crippen molar-refractivity contribution < 1.29 is 22.5 Å². The molecule has 0 N–H and O–H groups in total. The lowest BCUT2D eigenvalue weighted by Gasteiger charge is -2.47. The van der Waals surface area contributed by atoms with Gasteiger partial charge >= 0.3 is 5.97 Å². The van der Waals surface area contributed by atoms with Crippen molar-refractivity contribution in [1.82, 2.24) is 9.80 Å². The summed E-state index contributed by atoms with van der Waals surface area (Å²) in [7, 11) is -4.70. The highest BCUT2D eigenvalue weighted by atomic mass is 32.2. The minimum atomic E-state index is -4.70. The van der Waals surface area contributed by atoms with Gasteiger partial charge in [0.25, 0.3) is 0 Å². The van der Waals surface area contributed by atoms with E-state index in [4.69, 9.17) is 4.74 Å². The first kappa shape index (κ1) is 15.4. The molecule has 3 fully saturated rings. The zero-order valence-electron chi connectivity index (χ0n) is 12.0. The summed E-state index contributed by atoms with van der Waals surface area (Å²) in [6.07, 6.45) is 0. The quantitative estimate of drug-likeness (QED) is 0.557. The van der Waals surface area contributed by atoms with E-state index in [1.165, 1.54) is 18.2 Å². The molecule has 0 radical (unpaired) electrons.